The number of rotatable bonds is 11. The summed E-state index contributed by atoms with van der Waals surface area (Å²) in [6, 6.07) is 8.78. The van der Waals surface area contributed by atoms with Crippen molar-refractivity contribution in [1.82, 2.24) is 10.3 Å². The van der Waals surface area contributed by atoms with Crippen molar-refractivity contribution in [3.8, 4) is 0 Å². The quantitative estimate of drug-likeness (QED) is 0.157. The van der Waals surface area contributed by atoms with Crippen LogP contribution in [0.15, 0.2) is 55.0 Å². The number of nitrogens with one attached hydrogen (secondary N) is 3. The van der Waals surface area contributed by atoms with E-state index in [1.54, 1.807) is 48.8 Å². The Labute approximate surface area is 179 Å². The Morgan fingerprint density at radius 3 is 2.71 bits per heavy atom. The molecule has 0 spiro atoms. The van der Waals surface area contributed by atoms with E-state index in [4.69, 9.17) is 11.1 Å². The molecule has 1 unspecified atom stereocenters. The molecule has 0 aliphatic heterocycles. The van der Waals surface area contributed by atoms with E-state index < -0.39 is 17.6 Å². The second-order valence-electron chi connectivity index (χ2n) is 6.55. The van der Waals surface area contributed by atoms with Crippen molar-refractivity contribution in [3.63, 3.8) is 0 Å². The van der Waals surface area contributed by atoms with Gasteiger partial charge in [0.2, 0.25) is 12.5 Å². The lowest BCUT2D eigenvalue weighted by Gasteiger charge is -2.09. The summed E-state index contributed by atoms with van der Waals surface area (Å²) in [5.74, 6) is -0.336. The highest BCUT2D eigenvalue weighted by Crippen LogP contribution is 2.17. The normalized spacial score (nSPS) is 12.5. The molecular weight excluding hydrogens is 400 g/mol. The van der Waals surface area contributed by atoms with Gasteiger partial charge in [-0.3, -0.25) is 19.9 Å². The van der Waals surface area contributed by atoms with E-state index >= 15 is 0 Å². The molecule has 1 aromatic heterocycles. The largest absolute Gasteiger partial charge is 0.404 e. The summed E-state index contributed by atoms with van der Waals surface area (Å²) in [4.78, 5) is 26.0. The highest BCUT2D eigenvalue weighted by molar-refractivity contribution is 6.10. The van der Waals surface area contributed by atoms with Crippen LogP contribution in [0.3, 0.4) is 0 Å². The number of pyridine rings is 1. The third kappa shape index (κ3) is 7.80. The first kappa shape index (κ1) is 23.4. The van der Waals surface area contributed by atoms with E-state index in [9.17, 15) is 20.0 Å². The number of aliphatic hydroxyl groups is 1. The molecular formula is C21H24N6O4. The smallest absolute Gasteiger partial charge is 0.248 e. The first-order valence-electron chi connectivity index (χ1n) is 9.38. The molecule has 2 rings (SSSR count). The van der Waals surface area contributed by atoms with Crippen LogP contribution in [0, 0.1) is 15.5 Å². The number of aromatic nitrogens is 1. The maximum atomic E-state index is 12.2. The average molecular weight is 424 g/mol. The van der Waals surface area contributed by atoms with Crippen LogP contribution in [0.5, 0.6) is 0 Å². The number of carbonyl (C=O) groups is 1. The minimum absolute atomic E-state index is 0.111. The Morgan fingerprint density at radius 1 is 1.32 bits per heavy atom. The monoisotopic (exact) mass is 424 g/mol. The van der Waals surface area contributed by atoms with Gasteiger partial charge in [-0.2, -0.15) is 0 Å². The summed E-state index contributed by atoms with van der Waals surface area (Å²) in [7, 11) is 0. The van der Waals surface area contributed by atoms with Crippen LogP contribution in [0.25, 0.3) is 11.6 Å². The van der Waals surface area contributed by atoms with Crippen molar-refractivity contribution in [2.45, 2.75) is 12.6 Å². The molecule has 0 radical (unpaired) electrons. The summed E-state index contributed by atoms with van der Waals surface area (Å²) in [5.41, 5.74) is 8.89. The molecule has 0 aliphatic rings. The third-order valence-corrected chi connectivity index (χ3v) is 4.20. The first-order valence-corrected chi connectivity index (χ1v) is 9.38. The lowest BCUT2D eigenvalue weighted by molar-refractivity contribution is -0.489. The van der Waals surface area contributed by atoms with Crippen molar-refractivity contribution < 1.29 is 14.8 Å². The van der Waals surface area contributed by atoms with Gasteiger partial charge < -0.3 is 26.9 Å². The number of carbonyl (C=O) groups excluding carboxylic acids is 1. The molecule has 10 heteroatoms. The van der Waals surface area contributed by atoms with Crippen molar-refractivity contribution in [3.05, 3.63) is 81.8 Å². The fourth-order valence-corrected chi connectivity index (χ4v) is 2.69. The summed E-state index contributed by atoms with van der Waals surface area (Å²) >= 11 is 0. The number of nitro groups is 1. The second kappa shape index (κ2) is 12.0. The summed E-state index contributed by atoms with van der Waals surface area (Å²) < 4.78 is 0. The zero-order valence-electron chi connectivity index (χ0n) is 16.7. The van der Waals surface area contributed by atoms with E-state index in [1.165, 1.54) is 12.3 Å². The Hall–Kier alpha value is -3.89. The molecule has 0 aliphatic carbocycles. The van der Waals surface area contributed by atoms with Gasteiger partial charge in [-0.15, -0.1) is 0 Å². The molecule has 0 fully saturated rings. The van der Waals surface area contributed by atoms with Crippen LogP contribution in [-0.4, -0.2) is 46.3 Å². The maximum Gasteiger partial charge on any atom is 0.248 e. The van der Waals surface area contributed by atoms with Gasteiger partial charge in [0.25, 0.3) is 0 Å². The minimum Gasteiger partial charge on any atom is -0.404 e. The van der Waals surface area contributed by atoms with Crippen LogP contribution in [-0.2, 0) is 11.3 Å². The lowest BCUT2D eigenvalue weighted by Crippen LogP contribution is -2.31. The molecule has 10 nitrogen and oxygen atoms in total. The Balaban J connectivity index is 1.91. The molecule has 31 heavy (non-hydrogen) atoms. The number of nitrogens with zero attached hydrogens (tertiary/aromatic N) is 2. The van der Waals surface area contributed by atoms with Gasteiger partial charge >= 0.3 is 0 Å². The number of hydrogen-bond acceptors (Lipinski definition) is 8. The maximum absolute atomic E-state index is 12.2. The molecule has 1 aromatic carbocycles. The average Bonchev–Trinajstić information content (AvgIpc) is 2.74. The highest BCUT2D eigenvalue weighted by atomic mass is 16.6. The van der Waals surface area contributed by atoms with E-state index in [1.807, 2.05) is 0 Å². The zero-order chi connectivity index (χ0) is 22.6. The minimum atomic E-state index is -1.05. The molecule has 162 valence electrons. The van der Waals surface area contributed by atoms with Crippen LogP contribution >= 0.6 is 0 Å². The van der Waals surface area contributed by atoms with Crippen LogP contribution in [0.1, 0.15) is 16.7 Å². The number of allylic oxidation sites excluding steroid dienone is 1. The predicted octanol–water partition coefficient (Wildman–Crippen LogP) is 1.41. The molecule has 0 saturated heterocycles. The van der Waals surface area contributed by atoms with E-state index in [0.717, 1.165) is 11.8 Å². The molecule has 2 aromatic rings. The fraction of sp³-hybridized carbons (Fsp3) is 0.190. The second-order valence-corrected chi connectivity index (χ2v) is 6.55. The first-order chi connectivity index (χ1) is 14.9. The van der Waals surface area contributed by atoms with Crippen molar-refractivity contribution in [1.29, 1.82) is 5.41 Å². The van der Waals surface area contributed by atoms with Crippen molar-refractivity contribution >= 4 is 29.5 Å². The van der Waals surface area contributed by atoms with Gasteiger partial charge in [0, 0.05) is 65.7 Å². The van der Waals surface area contributed by atoms with Gasteiger partial charge in [-0.05, 0) is 35.4 Å². The number of amides is 1. The van der Waals surface area contributed by atoms with Crippen molar-refractivity contribution in [2.75, 3.05) is 18.4 Å². The number of benzene rings is 1. The SMILES string of the molecule is N=C/C(=C\N)c1ccncc1/C=C/C(=O)Nc1ccc(CNCC(O)C[N+](=O)[O-])cc1. The Bertz CT molecular complexity index is 972. The summed E-state index contributed by atoms with van der Waals surface area (Å²) in [5, 5.41) is 32.9. The fourth-order valence-electron chi connectivity index (χ4n) is 2.69. The number of nitrogens with two attached hydrogens (primary N) is 1. The van der Waals surface area contributed by atoms with E-state index in [-0.39, 0.29) is 12.5 Å². The predicted molar refractivity (Wildman–Crippen MR) is 119 cm³/mol. The van der Waals surface area contributed by atoms with Crippen LogP contribution in [0.4, 0.5) is 5.69 Å². The summed E-state index contributed by atoms with van der Waals surface area (Å²) in [6.07, 6.45) is 7.53. The molecule has 1 amide bonds. The van der Waals surface area contributed by atoms with Gasteiger partial charge in [-0.1, -0.05) is 12.1 Å². The van der Waals surface area contributed by atoms with Crippen LogP contribution in [0.2, 0.25) is 0 Å². The van der Waals surface area contributed by atoms with Crippen LogP contribution < -0.4 is 16.4 Å². The Morgan fingerprint density at radius 2 is 2.06 bits per heavy atom. The highest BCUT2D eigenvalue weighted by Gasteiger charge is 2.10. The summed E-state index contributed by atoms with van der Waals surface area (Å²) in [6.45, 7) is 0.0353. The molecule has 1 heterocycles. The molecule has 0 bridgehead atoms. The van der Waals surface area contributed by atoms with Crippen molar-refractivity contribution in [2.24, 2.45) is 5.73 Å². The Kier molecular flexibility index (Phi) is 9.02. The lowest BCUT2D eigenvalue weighted by atomic mass is 10.0. The topological polar surface area (TPSA) is 167 Å². The third-order valence-electron chi connectivity index (χ3n) is 4.20. The molecule has 0 saturated carbocycles. The van der Waals surface area contributed by atoms with E-state index in [2.05, 4.69) is 15.6 Å². The zero-order valence-corrected chi connectivity index (χ0v) is 16.7. The van der Waals surface area contributed by atoms with Gasteiger partial charge in [0.15, 0.2) is 0 Å². The van der Waals surface area contributed by atoms with Gasteiger partial charge in [0.05, 0.1) is 0 Å². The number of aliphatic hydroxyl groups excluding tert-OH is 1. The molecule has 1 atom stereocenters. The van der Waals surface area contributed by atoms with Gasteiger partial charge in [0.1, 0.15) is 6.10 Å². The van der Waals surface area contributed by atoms with Gasteiger partial charge in [-0.25, -0.2) is 0 Å². The molecule has 6 N–H and O–H groups in total. The standard InChI is InChI=1S/C21H24N6O4/c22-9-17(10-23)20-7-8-24-12-16(20)3-6-21(29)26-18-4-1-15(2-5-18)11-25-13-19(28)14-27(30)31/h1-10,12,19,22,25,28H,11,13-14,23H2,(H,26,29)/b6-3+,17-10+,22-9?. The van der Waals surface area contributed by atoms with E-state index in [0.29, 0.717) is 28.9 Å². The number of anilines is 1. The number of hydrogen-bond donors (Lipinski definition) is 5.